The van der Waals surface area contributed by atoms with Crippen LogP contribution in [0.5, 0.6) is 0 Å². The molecule has 1 heterocycles. The zero-order valence-corrected chi connectivity index (χ0v) is 15.8. The maximum atomic E-state index is 12.2. The number of benzene rings is 1. The van der Waals surface area contributed by atoms with Gasteiger partial charge in [-0.1, -0.05) is 23.2 Å². The van der Waals surface area contributed by atoms with Crippen LogP contribution in [0.25, 0.3) is 0 Å². The molecule has 0 aliphatic heterocycles. The van der Waals surface area contributed by atoms with E-state index in [9.17, 15) is 14.9 Å². The summed E-state index contributed by atoms with van der Waals surface area (Å²) < 4.78 is 4.98. The Morgan fingerprint density at radius 1 is 1.33 bits per heavy atom. The minimum absolute atomic E-state index is 0.0131. The number of halogens is 2. The van der Waals surface area contributed by atoms with Crippen LogP contribution >= 0.6 is 23.2 Å². The minimum atomic E-state index is -0.661. The number of rotatable bonds is 8. The number of nitro groups is 1. The van der Waals surface area contributed by atoms with Crippen molar-refractivity contribution >= 4 is 46.4 Å². The van der Waals surface area contributed by atoms with Crippen LogP contribution < -0.4 is 16.2 Å². The van der Waals surface area contributed by atoms with E-state index in [2.05, 4.69) is 26.1 Å². The number of hydrogen-bond donors (Lipinski definition) is 3. The highest BCUT2D eigenvalue weighted by Crippen LogP contribution is 2.29. The Balaban J connectivity index is 2.20. The summed E-state index contributed by atoms with van der Waals surface area (Å²) in [5.41, 5.74) is 4.45. The number of amides is 1. The quantitative estimate of drug-likeness (QED) is 0.443. The molecule has 0 aliphatic carbocycles. The van der Waals surface area contributed by atoms with Gasteiger partial charge in [0.2, 0.25) is 11.6 Å². The van der Waals surface area contributed by atoms with Crippen LogP contribution in [0.1, 0.15) is 17.3 Å². The van der Waals surface area contributed by atoms with Gasteiger partial charge in [-0.25, -0.2) is 9.97 Å². The van der Waals surface area contributed by atoms with Gasteiger partial charge in [0, 0.05) is 18.2 Å². The summed E-state index contributed by atoms with van der Waals surface area (Å²) in [5.74, 6) is -0.826. The first-order valence-electron chi connectivity index (χ1n) is 7.59. The van der Waals surface area contributed by atoms with Crippen LogP contribution in [-0.2, 0) is 4.74 Å². The predicted octanol–water partition coefficient (Wildman–Crippen LogP) is 2.90. The number of hydrazine groups is 1. The van der Waals surface area contributed by atoms with E-state index >= 15 is 0 Å². The van der Waals surface area contributed by atoms with Gasteiger partial charge in [0.05, 0.1) is 22.1 Å². The van der Waals surface area contributed by atoms with Gasteiger partial charge in [0.25, 0.3) is 5.91 Å². The molecular weight excluding hydrogens is 399 g/mol. The zero-order valence-electron chi connectivity index (χ0n) is 14.3. The molecule has 2 aromatic rings. The Kier molecular flexibility index (Phi) is 7.11. The summed E-state index contributed by atoms with van der Waals surface area (Å²) in [6.45, 7) is 2.09. The van der Waals surface area contributed by atoms with E-state index in [0.717, 1.165) is 6.33 Å². The SMILES string of the molecule is COCC(C)Nc1ncnc(NNC(=O)c2ccc(Cl)cc2Cl)c1[N+](=O)[O-]. The molecule has 1 unspecified atom stereocenters. The van der Waals surface area contributed by atoms with Crippen molar-refractivity contribution in [3.63, 3.8) is 0 Å². The molecule has 1 amide bonds. The van der Waals surface area contributed by atoms with Gasteiger partial charge < -0.3 is 10.1 Å². The van der Waals surface area contributed by atoms with E-state index in [4.69, 9.17) is 27.9 Å². The maximum absolute atomic E-state index is 12.2. The molecule has 0 saturated carbocycles. The topological polar surface area (TPSA) is 131 Å². The van der Waals surface area contributed by atoms with Gasteiger partial charge in [-0.2, -0.15) is 0 Å². The van der Waals surface area contributed by atoms with Gasteiger partial charge >= 0.3 is 5.69 Å². The van der Waals surface area contributed by atoms with Crippen molar-refractivity contribution in [3.05, 3.63) is 50.2 Å². The molecule has 12 heteroatoms. The second-order valence-corrected chi connectivity index (χ2v) is 6.22. The van der Waals surface area contributed by atoms with Crippen molar-refractivity contribution in [2.45, 2.75) is 13.0 Å². The summed E-state index contributed by atoms with van der Waals surface area (Å²) in [7, 11) is 1.51. The number of anilines is 2. The lowest BCUT2D eigenvalue weighted by Crippen LogP contribution is -2.31. The fourth-order valence-electron chi connectivity index (χ4n) is 2.13. The smallest absolute Gasteiger partial charge is 0.354 e. The Labute approximate surface area is 164 Å². The molecule has 2 rings (SSSR count). The number of carbonyl (C=O) groups is 1. The number of nitrogens with zero attached hydrogens (tertiary/aromatic N) is 3. The number of carbonyl (C=O) groups excluding carboxylic acids is 1. The van der Waals surface area contributed by atoms with Crippen molar-refractivity contribution in [2.75, 3.05) is 24.5 Å². The number of methoxy groups -OCH3 is 1. The molecule has 3 N–H and O–H groups in total. The molecular formula is C15H16Cl2N6O4. The van der Waals surface area contributed by atoms with Crippen LogP contribution in [0.3, 0.4) is 0 Å². The normalized spacial score (nSPS) is 11.6. The van der Waals surface area contributed by atoms with Crippen molar-refractivity contribution in [2.24, 2.45) is 0 Å². The lowest BCUT2D eigenvalue weighted by Gasteiger charge is -2.15. The molecule has 0 radical (unpaired) electrons. The van der Waals surface area contributed by atoms with Crippen LogP contribution in [0, 0.1) is 10.1 Å². The summed E-state index contributed by atoms with van der Waals surface area (Å²) >= 11 is 11.8. The number of aromatic nitrogens is 2. The Morgan fingerprint density at radius 3 is 2.67 bits per heavy atom. The van der Waals surface area contributed by atoms with Gasteiger partial charge in [-0.05, 0) is 25.1 Å². The second-order valence-electron chi connectivity index (χ2n) is 5.38. The van der Waals surface area contributed by atoms with Gasteiger partial charge in [0.15, 0.2) is 0 Å². The minimum Gasteiger partial charge on any atom is -0.383 e. The molecule has 1 aromatic heterocycles. The second kappa shape index (κ2) is 9.31. The first kappa shape index (κ1) is 20.6. The van der Waals surface area contributed by atoms with E-state index in [0.29, 0.717) is 11.6 Å². The predicted molar refractivity (Wildman–Crippen MR) is 101 cm³/mol. The van der Waals surface area contributed by atoms with Crippen LogP contribution in [0.2, 0.25) is 10.0 Å². The first-order chi connectivity index (χ1) is 12.8. The molecule has 0 aliphatic rings. The zero-order chi connectivity index (χ0) is 20.0. The van der Waals surface area contributed by atoms with E-state index in [-0.39, 0.29) is 28.3 Å². The molecule has 0 spiro atoms. The highest BCUT2D eigenvalue weighted by atomic mass is 35.5. The largest absolute Gasteiger partial charge is 0.383 e. The summed E-state index contributed by atoms with van der Waals surface area (Å²) in [5, 5.41) is 14.8. The van der Waals surface area contributed by atoms with E-state index in [1.54, 1.807) is 6.92 Å². The van der Waals surface area contributed by atoms with E-state index < -0.39 is 16.5 Å². The lowest BCUT2D eigenvalue weighted by atomic mass is 10.2. The number of nitrogens with one attached hydrogen (secondary N) is 3. The molecule has 0 bridgehead atoms. The third kappa shape index (κ3) is 5.39. The molecule has 0 saturated heterocycles. The monoisotopic (exact) mass is 414 g/mol. The van der Waals surface area contributed by atoms with Crippen LogP contribution in [-0.4, -0.2) is 40.6 Å². The average Bonchev–Trinajstić information content (AvgIpc) is 2.59. The summed E-state index contributed by atoms with van der Waals surface area (Å²) in [6, 6.07) is 4.09. The molecule has 1 aromatic carbocycles. The van der Waals surface area contributed by atoms with Crippen molar-refractivity contribution in [1.82, 2.24) is 15.4 Å². The average molecular weight is 415 g/mol. The Bertz CT molecular complexity index is 851. The lowest BCUT2D eigenvalue weighted by molar-refractivity contribution is -0.383. The Hall–Kier alpha value is -2.69. The molecule has 144 valence electrons. The number of ether oxygens (including phenoxy) is 1. The highest BCUT2D eigenvalue weighted by molar-refractivity contribution is 6.36. The fraction of sp³-hybridized carbons (Fsp3) is 0.267. The van der Waals surface area contributed by atoms with Gasteiger partial charge in [-0.3, -0.25) is 25.8 Å². The first-order valence-corrected chi connectivity index (χ1v) is 8.35. The summed E-state index contributed by atoms with van der Waals surface area (Å²) in [6.07, 6.45) is 1.12. The third-order valence-electron chi connectivity index (χ3n) is 3.27. The molecule has 0 fully saturated rings. The fourth-order valence-corrected chi connectivity index (χ4v) is 2.63. The van der Waals surface area contributed by atoms with Gasteiger partial charge in [0.1, 0.15) is 6.33 Å². The Morgan fingerprint density at radius 2 is 2.04 bits per heavy atom. The number of hydrogen-bond acceptors (Lipinski definition) is 8. The molecule has 10 nitrogen and oxygen atoms in total. The standard InChI is InChI=1S/C15H16Cl2N6O4/c1-8(6-27-2)20-13-12(23(25)26)14(19-7-18-13)21-22-15(24)10-4-3-9(16)5-11(10)17/h3-5,7-8H,6H2,1-2H3,(H,22,24)(H2,18,19,20,21). The summed E-state index contributed by atoms with van der Waals surface area (Å²) in [4.78, 5) is 30.7. The van der Waals surface area contributed by atoms with Crippen molar-refractivity contribution < 1.29 is 14.5 Å². The highest BCUT2D eigenvalue weighted by Gasteiger charge is 2.24. The maximum Gasteiger partial charge on any atom is 0.354 e. The van der Waals surface area contributed by atoms with E-state index in [1.807, 2.05) is 0 Å². The van der Waals surface area contributed by atoms with Crippen molar-refractivity contribution in [3.8, 4) is 0 Å². The van der Waals surface area contributed by atoms with E-state index in [1.165, 1.54) is 25.3 Å². The third-order valence-corrected chi connectivity index (χ3v) is 3.82. The van der Waals surface area contributed by atoms with Gasteiger partial charge in [-0.15, -0.1) is 0 Å². The van der Waals surface area contributed by atoms with Crippen molar-refractivity contribution in [1.29, 1.82) is 0 Å². The van der Waals surface area contributed by atoms with Crippen LogP contribution in [0.4, 0.5) is 17.3 Å². The molecule has 27 heavy (non-hydrogen) atoms. The molecule has 1 atom stereocenters. The van der Waals surface area contributed by atoms with Crippen LogP contribution in [0.15, 0.2) is 24.5 Å².